The number of halogens is 1. The van der Waals surface area contributed by atoms with E-state index in [1.54, 1.807) is 12.1 Å². The highest BCUT2D eigenvalue weighted by atomic mass is 35.5. The zero-order chi connectivity index (χ0) is 13.1. The summed E-state index contributed by atoms with van der Waals surface area (Å²) in [6, 6.07) is 5.46. The van der Waals surface area contributed by atoms with Gasteiger partial charge < -0.3 is 5.32 Å². The Hall–Kier alpha value is -1.17. The first kappa shape index (κ1) is 13.3. The average Bonchev–Trinajstić information content (AvgIpc) is 2.34. The second kappa shape index (κ2) is 5.65. The summed E-state index contributed by atoms with van der Waals surface area (Å²) in [5.74, 6) is 0. The molecule has 0 aliphatic carbocycles. The molecular weight excluding hydrogens is 254 g/mol. The predicted molar refractivity (Wildman–Crippen MR) is 70.8 cm³/mol. The van der Waals surface area contributed by atoms with Crippen molar-refractivity contribution in [2.75, 3.05) is 19.6 Å². The second-order valence-corrected chi connectivity index (χ2v) is 4.97. The minimum absolute atomic E-state index is 0.0167. The van der Waals surface area contributed by atoms with Crippen LogP contribution in [0.5, 0.6) is 0 Å². The van der Waals surface area contributed by atoms with Crippen LogP contribution in [0.1, 0.15) is 12.5 Å². The van der Waals surface area contributed by atoms with Crippen LogP contribution in [-0.2, 0) is 6.54 Å². The number of hydrogen-bond donors (Lipinski definition) is 1. The van der Waals surface area contributed by atoms with E-state index >= 15 is 0 Å². The molecule has 1 atom stereocenters. The van der Waals surface area contributed by atoms with Crippen molar-refractivity contribution in [1.82, 2.24) is 10.2 Å². The molecule has 18 heavy (non-hydrogen) atoms. The fourth-order valence-corrected chi connectivity index (χ4v) is 2.34. The van der Waals surface area contributed by atoms with Gasteiger partial charge in [-0.15, -0.1) is 0 Å². The van der Waals surface area contributed by atoms with E-state index in [-0.39, 0.29) is 10.7 Å². The monoisotopic (exact) mass is 269 g/mol. The average molecular weight is 270 g/mol. The fourth-order valence-electron chi connectivity index (χ4n) is 2.15. The van der Waals surface area contributed by atoms with Crippen LogP contribution >= 0.6 is 11.6 Å². The number of rotatable bonds is 3. The quantitative estimate of drug-likeness (QED) is 0.674. The third-order valence-electron chi connectivity index (χ3n) is 3.23. The van der Waals surface area contributed by atoms with Gasteiger partial charge in [-0.2, -0.15) is 0 Å². The normalized spacial score (nSPS) is 20.9. The van der Waals surface area contributed by atoms with E-state index in [4.69, 9.17) is 11.6 Å². The summed E-state index contributed by atoms with van der Waals surface area (Å²) in [6.07, 6.45) is 0. The SMILES string of the molecule is C[C@@H]1CNCCN1Cc1ccc(Cl)c([N+](=O)[O-])c1. The summed E-state index contributed by atoms with van der Waals surface area (Å²) in [4.78, 5) is 12.7. The van der Waals surface area contributed by atoms with Crippen LogP contribution in [0.2, 0.25) is 5.02 Å². The van der Waals surface area contributed by atoms with Gasteiger partial charge in [-0.25, -0.2) is 0 Å². The first-order valence-electron chi connectivity index (χ1n) is 5.95. The third kappa shape index (κ3) is 2.98. The van der Waals surface area contributed by atoms with Crippen LogP contribution < -0.4 is 5.32 Å². The molecule has 1 aromatic rings. The van der Waals surface area contributed by atoms with Crippen molar-refractivity contribution in [3.8, 4) is 0 Å². The standard InChI is InChI=1S/C12H16ClN3O2/c1-9-7-14-4-5-15(9)8-10-2-3-11(13)12(6-10)16(17)18/h2-3,6,9,14H,4-5,7-8H2,1H3/t9-/m1/s1. The highest BCUT2D eigenvalue weighted by Gasteiger charge is 2.19. The fraction of sp³-hybridized carbons (Fsp3) is 0.500. The van der Waals surface area contributed by atoms with Crippen molar-refractivity contribution in [3.63, 3.8) is 0 Å². The molecule has 0 radical (unpaired) electrons. The number of nitrogens with one attached hydrogen (secondary N) is 1. The Morgan fingerprint density at radius 1 is 1.61 bits per heavy atom. The van der Waals surface area contributed by atoms with Crippen molar-refractivity contribution in [2.24, 2.45) is 0 Å². The smallest absolute Gasteiger partial charge is 0.288 e. The van der Waals surface area contributed by atoms with E-state index in [0.717, 1.165) is 31.7 Å². The Morgan fingerprint density at radius 2 is 2.39 bits per heavy atom. The van der Waals surface area contributed by atoms with E-state index in [2.05, 4.69) is 17.1 Å². The molecule has 0 saturated carbocycles. The van der Waals surface area contributed by atoms with Gasteiger partial charge in [0.05, 0.1) is 4.92 Å². The topological polar surface area (TPSA) is 58.4 Å². The van der Waals surface area contributed by atoms with Gasteiger partial charge in [0.1, 0.15) is 5.02 Å². The van der Waals surface area contributed by atoms with Crippen LogP contribution in [0.4, 0.5) is 5.69 Å². The van der Waals surface area contributed by atoms with Crippen LogP contribution in [0, 0.1) is 10.1 Å². The molecule has 0 unspecified atom stereocenters. The van der Waals surface area contributed by atoms with Crippen LogP contribution in [-0.4, -0.2) is 35.5 Å². The molecular formula is C12H16ClN3O2. The van der Waals surface area contributed by atoms with Crippen molar-refractivity contribution in [3.05, 3.63) is 38.9 Å². The maximum Gasteiger partial charge on any atom is 0.288 e. The molecule has 0 spiro atoms. The molecule has 0 aromatic heterocycles. The van der Waals surface area contributed by atoms with Crippen LogP contribution in [0.15, 0.2) is 18.2 Å². The minimum atomic E-state index is -0.437. The van der Waals surface area contributed by atoms with Gasteiger partial charge in [0, 0.05) is 38.3 Å². The third-order valence-corrected chi connectivity index (χ3v) is 3.55. The molecule has 1 aliphatic heterocycles. The molecule has 1 aliphatic rings. The predicted octanol–water partition coefficient (Wildman–Crippen LogP) is 2.04. The highest BCUT2D eigenvalue weighted by molar-refractivity contribution is 6.32. The molecule has 1 aromatic carbocycles. The Labute approximate surface area is 111 Å². The Bertz CT molecular complexity index is 453. The lowest BCUT2D eigenvalue weighted by Crippen LogP contribution is -2.49. The maximum absolute atomic E-state index is 10.8. The molecule has 98 valence electrons. The van der Waals surface area contributed by atoms with Crippen LogP contribution in [0.3, 0.4) is 0 Å². The Balaban J connectivity index is 2.14. The van der Waals surface area contributed by atoms with Gasteiger partial charge in [-0.3, -0.25) is 15.0 Å². The van der Waals surface area contributed by atoms with Gasteiger partial charge in [0.15, 0.2) is 0 Å². The summed E-state index contributed by atoms with van der Waals surface area (Å²) >= 11 is 5.80. The molecule has 6 heteroatoms. The van der Waals surface area contributed by atoms with Crippen LogP contribution in [0.25, 0.3) is 0 Å². The number of benzene rings is 1. The van der Waals surface area contributed by atoms with Gasteiger partial charge >= 0.3 is 0 Å². The molecule has 0 bridgehead atoms. The van der Waals surface area contributed by atoms with E-state index in [1.807, 2.05) is 6.07 Å². The molecule has 1 saturated heterocycles. The Kier molecular flexibility index (Phi) is 4.16. The van der Waals surface area contributed by atoms with Crippen molar-refractivity contribution in [1.29, 1.82) is 0 Å². The van der Waals surface area contributed by atoms with E-state index in [9.17, 15) is 10.1 Å². The number of hydrogen-bond acceptors (Lipinski definition) is 4. The number of nitrogens with zero attached hydrogens (tertiary/aromatic N) is 2. The Morgan fingerprint density at radius 3 is 3.06 bits per heavy atom. The van der Waals surface area contributed by atoms with E-state index in [1.165, 1.54) is 0 Å². The highest BCUT2D eigenvalue weighted by Crippen LogP contribution is 2.26. The lowest BCUT2D eigenvalue weighted by Gasteiger charge is -2.33. The molecule has 5 nitrogen and oxygen atoms in total. The zero-order valence-electron chi connectivity index (χ0n) is 10.2. The number of nitro benzene ring substituents is 1. The van der Waals surface area contributed by atoms with E-state index < -0.39 is 4.92 Å². The number of piperazine rings is 1. The molecule has 1 fully saturated rings. The lowest BCUT2D eigenvalue weighted by atomic mass is 10.1. The van der Waals surface area contributed by atoms with Crippen molar-refractivity contribution < 1.29 is 4.92 Å². The summed E-state index contributed by atoms with van der Waals surface area (Å²) in [5, 5.41) is 14.3. The summed E-state index contributed by atoms with van der Waals surface area (Å²) in [5.41, 5.74) is 0.914. The number of nitro groups is 1. The summed E-state index contributed by atoms with van der Waals surface area (Å²) < 4.78 is 0. The van der Waals surface area contributed by atoms with Gasteiger partial charge in [0.25, 0.3) is 5.69 Å². The second-order valence-electron chi connectivity index (χ2n) is 4.57. The molecule has 0 amide bonds. The summed E-state index contributed by atoms with van der Waals surface area (Å²) in [7, 11) is 0. The first-order valence-corrected chi connectivity index (χ1v) is 6.33. The van der Waals surface area contributed by atoms with Gasteiger partial charge in [-0.1, -0.05) is 17.7 Å². The largest absolute Gasteiger partial charge is 0.314 e. The van der Waals surface area contributed by atoms with Gasteiger partial charge in [0.2, 0.25) is 0 Å². The van der Waals surface area contributed by atoms with E-state index in [0.29, 0.717) is 6.04 Å². The first-order chi connectivity index (χ1) is 8.58. The minimum Gasteiger partial charge on any atom is -0.314 e. The summed E-state index contributed by atoms with van der Waals surface area (Å²) in [6.45, 7) is 5.74. The lowest BCUT2D eigenvalue weighted by molar-refractivity contribution is -0.384. The molecule has 1 N–H and O–H groups in total. The molecule has 1 heterocycles. The van der Waals surface area contributed by atoms with Crippen molar-refractivity contribution >= 4 is 17.3 Å². The maximum atomic E-state index is 10.8. The molecule has 2 rings (SSSR count). The van der Waals surface area contributed by atoms with Crippen molar-refractivity contribution in [2.45, 2.75) is 19.5 Å². The zero-order valence-corrected chi connectivity index (χ0v) is 11.0. The van der Waals surface area contributed by atoms with Gasteiger partial charge in [-0.05, 0) is 18.6 Å².